The number of rotatable bonds is 19. The van der Waals surface area contributed by atoms with Crippen LogP contribution in [0.3, 0.4) is 0 Å². The minimum Gasteiger partial charge on any atom is -0.493 e. The highest BCUT2D eigenvalue weighted by Crippen LogP contribution is 2.43. The number of fused-ring (bicyclic) bond motifs is 4. The summed E-state index contributed by atoms with van der Waals surface area (Å²) in [5, 5.41) is 0. The fraction of sp³-hybridized carbons (Fsp3) is 0.407. The number of benzene rings is 4. The van der Waals surface area contributed by atoms with Gasteiger partial charge in [0.15, 0.2) is 11.5 Å². The van der Waals surface area contributed by atoms with Crippen molar-refractivity contribution in [2.24, 2.45) is 0 Å². The molecule has 4 amide bonds. The van der Waals surface area contributed by atoms with Gasteiger partial charge in [0, 0.05) is 78.8 Å². The van der Waals surface area contributed by atoms with Crippen LogP contribution in [0.5, 0.6) is 17.2 Å². The third kappa shape index (κ3) is 11.0. The van der Waals surface area contributed by atoms with E-state index in [1.54, 1.807) is 56.3 Å². The minimum atomic E-state index is -1.43. The third-order valence-electron chi connectivity index (χ3n) is 13.2. The number of hydrogen-bond acceptors (Lipinski definition) is 10. The van der Waals surface area contributed by atoms with Gasteiger partial charge in [-0.3, -0.25) is 29.0 Å². The largest absolute Gasteiger partial charge is 0.493 e. The van der Waals surface area contributed by atoms with Crippen LogP contribution in [0.25, 0.3) is 11.1 Å². The van der Waals surface area contributed by atoms with Gasteiger partial charge >= 0.3 is 0 Å². The number of methoxy groups -OCH3 is 1. The number of nitrogens with two attached hydrogens (primary N) is 1. The van der Waals surface area contributed by atoms with E-state index in [9.17, 15) is 19.2 Å². The van der Waals surface area contributed by atoms with Gasteiger partial charge in [-0.15, -0.1) is 0 Å². The molecule has 0 spiro atoms. The van der Waals surface area contributed by atoms with E-state index in [1.807, 2.05) is 62.4 Å². The lowest BCUT2D eigenvalue weighted by Crippen LogP contribution is -2.45. The van der Waals surface area contributed by atoms with Crippen molar-refractivity contribution in [3.63, 3.8) is 0 Å². The zero-order valence-electron chi connectivity index (χ0n) is 42.1. The summed E-state index contributed by atoms with van der Waals surface area (Å²) >= 11 is 0. The lowest BCUT2D eigenvalue weighted by molar-refractivity contribution is -0.123. The highest BCUT2D eigenvalue weighted by atomic mass is 28.3. The van der Waals surface area contributed by atoms with Gasteiger partial charge in [0.1, 0.15) is 31.3 Å². The highest BCUT2D eigenvalue weighted by molar-refractivity contribution is 6.76. The number of amides is 4. The van der Waals surface area contributed by atoms with Crippen molar-refractivity contribution in [2.45, 2.75) is 96.6 Å². The summed E-state index contributed by atoms with van der Waals surface area (Å²) in [7, 11) is -1.33. The summed E-state index contributed by atoms with van der Waals surface area (Å²) in [5.74, 6) is 0.182. The Morgan fingerprint density at radius 1 is 0.586 bits per heavy atom. The Labute approximate surface area is 414 Å². The molecule has 4 heterocycles. The van der Waals surface area contributed by atoms with Crippen LogP contribution >= 0.6 is 0 Å². The van der Waals surface area contributed by atoms with E-state index in [4.69, 9.17) is 29.4 Å². The summed E-state index contributed by atoms with van der Waals surface area (Å²) < 4.78 is 30.9. The number of aryl methyl sites for hydroxylation is 2. The molecular weight excluding hydrogens is 919 g/mol. The third-order valence-corrected chi connectivity index (χ3v) is 16.6. The number of nitrogen functional groups attached to an aromatic ring is 1. The van der Waals surface area contributed by atoms with Gasteiger partial charge < -0.3 is 39.2 Å². The maximum Gasteiger partial charge on any atom is 0.260 e. The van der Waals surface area contributed by atoms with Crippen molar-refractivity contribution in [1.29, 1.82) is 0 Å². The van der Waals surface area contributed by atoms with Crippen molar-refractivity contribution in [2.75, 3.05) is 62.5 Å². The zero-order chi connectivity index (χ0) is 50.1. The molecule has 4 aliphatic heterocycles. The van der Waals surface area contributed by atoms with E-state index in [-0.39, 0.29) is 50.3 Å². The molecule has 0 bridgehead atoms. The average molecular weight is 986 g/mol. The first-order chi connectivity index (χ1) is 33.3. The SMILES string of the molecule is COc1cc2c(cc1OCCCOc1cc3c(cc1C)C(=O)N1C=C(c4ccc(N)cc4)C[C@H]1C(=O)N3COCC[Si](C)(C)C)N(COCC[Si](C)(C)C)C(=O)[C@@H]1CC(c3ccc(C)cc3)=CN1C2=O. The van der Waals surface area contributed by atoms with Gasteiger partial charge in [-0.25, -0.2) is 0 Å². The highest BCUT2D eigenvalue weighted by Gasteiger charge is 2.45. The summed E-state index contributed by atoms with van der Waals surface area (Å²) in [5.41, 5.74) is 13.6. The Bertz CT molecular complexity index is 2710. The first-order valence-corrected chi connectivity index (χ1v) is 31.6. The molecule has 4 aliphatic rings. The molecule has 4 aromatic carbocycles. The van der Waals surface area contributed by atoms with Gasteiger partial charge in [-0.05, 0) is 78.0 Å². The second-order valence-corrected chi connectivity index (χ2v) is 32.3. The molecule has 0 unspecified atom stereocenters. The quantitative estimate of drug-likeness (QED) is 0.0546. The molecule has 0 aromatic heterocycles. The van der Waals surface area contributed by atoms with Gasteiger partial charge in [0.25, 0.3) is 23.6 Å². The van der Waals surface area contributed by atoms with E-state index < -0.39 is 28.2 Å². The van der Waals surface area contributed by atoms with Crippen LogP contribution < -0.4 is 29.7 Å². The van der Waals surface area contributed by atoms with Crippen molar-refractivity contribution in [1.82, 2.24) is 9.80 Å². The maximum absolute atomic E-state index is 14.6. The topological polar surface area (TPSA) is 153 Å². The Morgan fingerprint density at radius 2 is 1.04 bits per heavy atom. The summed E-state index contributed by atoms with van der Waals surface area (Å²) in [6.07, 6.45) is 4.75. The number of anilines is 3. The Balaban J connectivity index is 1.00. The van der Waals surface area contributed by atoms with Crippen molar-refractivity contribution >= 4 is 68.0 Å². The molecule has 2 atom stereocenters. The predicted molar refractivity (Wildman–Crippen MR) is 280 cm³/mol. The van der Waals surface area contributed by atoms with Crippen molar-refractivity contribution in [3.05, 3.63) is 119 Å². The average Bonchev–Trinajstić information content (AvgIpc) is 3.94. The zero-order valence-corrected chi connectivity index (χ0v) is 44.1. The smallest absolute Gasteiger partial charge is 0.260 e. The number of hydrogen-bond donors (Lipinski definition) is 1. The van der Waals surface area contributed by atoms with Gasteiger partial charge in [0.05, 0.1) is 42.8 Å². The molecule has 370 valence electrons. The van der Waals surface area contributed by atoms with Crippen LogP contribution in [0, 0.1) is 13.8 Å². The first-order valence-electron chi connectivity index (χ1n) is 24.2. The van der Waals surface area contributed by atoms with E-state index in [1.165, 1.54) is 7.11 Å². The molecule has 0 aliphatic carbocycles. The Morgan fingerprint density at radius 3 is 1.53 bits per heavy atom. The van der Waals surface area contributed by atoms with Gasteiger partial charge in [-0.1, -0.05) is 81.2 Å². The van der Waals surface area contributed by atoms with E-state index in [2.05, 4.69) is 39.3 Å². The van der Waals surface area contributed by atoms with Crippen LogP contribution in [-0.4, -0.2) is 109 Å². The van der Waals surface area contributed by atoms with Crippen LogP contribution in [-0.2, 0) is 19.1 Å². The monoisotopic (exact) mass is 985 g/mol. The Kier molecular flexibility index (Phi) is 14.8. The van der Waals surface area contributed by atoms with Crippen LogP contribution in [0.2, 0.25) is 51.4 Å². The molecule has 14 nitrogen and oxygen atoms in total. The van der Waals surface area contributed by atoms with Crippen molar-refractivity contribution in [3.8, 4) is 17.2 Å². The molecule has 70 heavy (non-hydrogen) atoms. The van der Waals surface area contributed by atoms with Crippen LogP contribution in [0.15, 0.2) is 85.2 Å². The predicted octanol–water partition coefficient (Wildman–Crippen LogP) is 9.57. The number of ether oxygens (including phenoxy) is 5. The molecule has 0 fully saturated rings. The fourth-order valence-corrected chi connectivity index (χ4v) is 10.5. The molecule has 0 radical (unpaired) electrons. The minimum absolute atomic E-state index is 0.00679. The molecular formula is C54H67N5O9Si2. The Hall–Kier alpha value is -6.21. The van der Waals surface area contributed by atoms with Crippen LogP contribution in [0.1, 0.15) is 62.2 Å². The van der Waals surface area contributed by atoms with Crippen LogP contribution in [0.4, 0.5) is 17.1 Å². The van der Waals surface area contributed by atoms with Gasteiger partial charge in [0.2, 0.25) is 0 Å². The summed E-state index contributed by atoms with van der Waals surface area (Å²) in [4.78, 5) is 64.1. The van der Waals surface area contributed by atoms with Crippen molar-refractivity contribution < 1.29 is 42.9 Å². The molecule has 2 N–H and O–H groups in total. The lowest BCUT2D eigenvalue weighted by atomic mass is 10.0. The molecule has 0 saturated carbocycles. The summed E-state index contributed by atoms with van der Waals surface area (Å²) in [6, 6.07) is 22.8. The molecule has 16 heteroatoms. The number of nitrogens with zero attached hydrogens (tertiary/aromatic N) is 4. The van der Waals surface area contributed by atoms with E-state index >= 15 is 0 Å². The normalized spacial score (nSPS) is 18.0. The van der Waals surface area contributed by atoms with E-state index in [0.717, 1.165) is 45.5 Å². The second-order valence-electron chi connectivity index (χ2n) is 21.1. The molecule has 8 rings (SSSR count). The summed E-state index contributed by atoms with van der Waals surface area (Å²) in [6.45, 7) is 19.0. The second kappa shape index (κ2) is 20.6. The lowest BCUT2D eigenvalue weighted by Gasteiger charge is -2.27. The van der Waals surface area contributed by atoms with Gasteiger partial charge in [-0.2, -0.15) is 0 Å². The standard InChI is InChI=1S/C54H67N5O9Si2/c1-35-11-13-37(14-12-35)39-26-47-54(63)59(34-66-22-24-70(7,8)9)45-30-50(49(64-3)28-43(45)52(61)57(47)31-39)68-20-10-19-67-48-29-44-42(25-36(48)2)51(60)56-32-40(38-15-17-41(55)18-16-38)27-46(56)53(62)58(44)33-65-21-23-69(4,5)6/h11-18,25,28-32,46-47H,10,19-24,26-27,33-34,55H2,1-9H3/t46-,47-/m0/s1. The first kappa shape index (κ1) is 50.2. The van der Waals surface area contributed by atoms with E-state index in [0.29, 0.717) is 77.9 Å². The number of carbonyl (C=O) groups excluding carboxylic acids is 4. The fourth-order valence-electron chi connectivity index (χ4n) is 8.97. The molecule has 4 aromatic rings. The molecule has 0 saturated heterocycles. The maximum atomic E-state index is 14.6. The number of carbonyl (C=O) groups is 4.